The van der Waals surface area contributed by atoms with Crippen LogP contribution in [0.4, 0.5) is 5.69 Å². The highest BCUT2D eigenvalue weighted by atomic mass is 32.1. The Kier molecular flexibility index (Phi) is 3.99. The summed E-state index contributed by atoms with van der Waals surface area (Å²) in [5, 5.41) is 3.83. The highest BCUT2D eigenvalue weighted by molar-refractivity contribution is 7.21. The third-order valence-electron chi connectivity index (χ3n) is 3.62. The summed E-state index contributed by atoms with van der Waals surface area (Å²) < 4.78 is 0. The minimum Gasteiger partial charge on any atom is -0.397 e. The standard InChI is InChI=1S/C15H21N3OS/c1-5-15(3,4)8-17-13(19)12-11(16)10-7-6-9(2)18-14(10)20-12/h6-7H,5,8,16H2,1-4H3,(H,17,19). The van der Waals surface area contributed by atoms with E-state index in [1.54, 1.807) is 0 Å². The van der Waals surface area contributed by atoms with E-state index in [1.165, 1.54) is 11.3 Å². The first-order chi connectivity index (χ1) is 9.34. The number of aryl methyl sites for hydroxylation is 1. The fourth-order valence-electron chi connectivity index (χ4n) is 1.78. The number of thiophene rings is 1. The van der Waals surface area contributed by atoms with Crippen molar-refractivity contribution in [3.05, 3.63) is 22.7 Å². The zero-order valence-corrected chi connectivity index (χ0v) is 13.2. The number of rotatable bonds is 4. The van der Waals surface area contributed by atoms with Gasteiger partial charge in [0.05, 0.1) is 5.69 Å². The van der Waals surface area contributed by atoms with Gasteiger partial charge in [0.25, 0.3) is 5.91 Å². The first kappa shape index (κ1) is 14.8. The van der Waals surface area contributed by atoms with Gasteiger partial charge < -0.3 is 11.1 Å². The number of hydrogen-bond donors (Lipinski definition) is 2. The van der Waals surface area contributed by atoms with Crippen molar-refractivity contribution in [1.29, 1.82) is 0 Å². The van der Waals surface area contributed by atoms with Crippen LogP contribution in [-0.4, -0.2) is 17.4 Å². The first-order valence-electron chi connectivity index (χ1n) is 6.78. The summed E-state index contributed by atoms with van der Waals surface area (Å²) in [4.78, 5) is 18.1. The Morgan fingerprint density at radius 2 is 2.15 bits per heavy atom. The number of carbonyl (C=O) groups excluding carboxylic acids is 1. The van der Waals surface area contributed by atoms with Crippen molar-refractivity contribution in [2.75, 3.05) is 12.3 Å². The Hall–Kier alpha value is -1.62. The van der Waals surface area contributed by atoms with Gasteiger partial charge in [-0.3, -0.25) is 4.79 Å². The number of carbonyl (C=O) groups is 1. The molecule has 0 bridgehead atoms. The molecule has 0 aliphatic carbocycles. The predicted octanol–water partition coefficient (Wildman–Crippen LogP) is 3.35. The molecule has 108 valence electrons. The number of nitrogens with zero attached hydrogens (tertiary/aromatic N) is 1. The number of nitrogens with one attached hydrogen (secondary N) is 1. The SMILES string of the molecule is CCC(C)(C)CNC(=O)c1sc2nc(C)ccc2c1N. The second kappa shape index (κ2) is 5.40. The van der Waals surface area contributed by atoms with Gasteiger partial charge in [0.2, 0.25) is 0 Å². The number of fused-ring (bicyclic) bond motifs is 1. The molecule has 2 heterocycles. The van der Waals surface area contributed by atoms with Gasteiger partial charge in [-0.05, 0) is 30.9 Å². The number of hydrogen-bond acceptors (Lipinski definition) is 4. The summed E-state index contributed by atoms with van der Waals surface area (Å²) in [7, 11) is 0. The first-order valence-corrected chi connectivity index (χ1v) is 7.59. The van der Waals surface area contributed by atoms with E-state index in [0.717, 1.165) is 22.3 Å². The highest BCUT2D eigenvalue weighted by Gasteiger charge is 2.20. The van der Waals surface area contributed by atoms with E-state index < -0.39 is 0 Å². The Morgan fingerprint density at radius 3 is 2.80 bits per heavy atom. The van der Waals surface area contributed by atoms with E-state index in [0.29, 0.717) is 17.1 Å². The second-order valence-electron chi connectivity index (χ2n) is 5.85. The summed E-state index contributed by atoms with van der Waals surface area (Å²) in [5.74, 6) is -0.107. The quantitative estimate of drug-likeness (QED) is 0.907. The van der Waals surface area contributed by atoms with E-state index in [2.05, 4.69) is 31.1 Å². The average molecular weight is 291 g/mol. The molecule has 2 aromatic heterocycles. The largest absolute Gasteiger partial charge is 0.397 e. The molecule has 5 heteroatoms. The van der Waals surface area contributed by atoms with Crippen molar-refractivity contribution in [3.8, 4) is 0 Å². The molecule has 0 radical (unpaired) electrons. The number of amides is 1. The summed E-state index contributed by atoms with van der Waals surface area (Å²) in [6, 6.07) is 3.84. The molecule has 2 aromatic rings. The maximum atomic E-state index is 12.3. The molecule has 2 rings (SSSR count). The van der Waals surface area contributed by atoms with Crippen molar-refractivity contribution < 1.29 is 4.79 Å². The lowest BCUT2D eigenvalue weighted by molar-refractivity contribution is 0.0940. The zero-order valence-electron chi connectivity index (χ0n) is 12.4. The van der Waals surface area contributed by atoms with Crippen molar-refractivity contribution in [2.24, 2.45) is 5.41 Å². The monoisotopic (exact) mass is 291 g/mol. The molecule has 0 atom stereocenters. The molecule has 0 spiro atoms. The number of aromatic nitrogens is 1. The average Bonchev–Trinajstić information content (AvgIpc) is 2.73. The minimum absolute atomic E-state index is 0.0932. The number of nitrogen functional groups attached to an aromatic ring is 1. The Bertz CT molecular complexity index is 646. The molecule has 0 unspecified atom stereocenters. The molecule has 3 N–H and O–H groups in total. The Balaban J connectivity index is 2.24. The lowest BCUT2D eigenvalue weighted by Crippen LogP contribution is -2.33. The molecule has 1 amide bonds. The van der Waals surface area contributed by atoms with Crippen LogP contribution < -0.4 is 11.1 Å². The normalized spacial score (nSPS) is 11.8. The highest BCUT2D eigenvalue weighted by Crippen LogP contribution is 2.32. The van der Waals surface area contributed by atoms with Crippen molar-refractivity contribution in [2.45, 2.75) is 34.1 Å². The molecule has 0 saturated heterocycles. The fraction of sp³-hybridized carbons (Fsp3) is 0.467. The molecular weight excluding hydrogens is 270 g/mol. The van der Waals surface area contributed by atoms with Gasteiger partial charge in [-0.15, -0.1) is 11.3 Å². The van der Waals surface area contributed by atoms with Crippen molar-refractivity contribution >= 4 is 33.1 Å². The molecule has 0 saturated carbocycles. The second-order valence-corrected chi connectivity index (χ2v) is 6.85. The predicted molar refractivity (Wildman–Crippen MR) is 85.2 cm³/mol. The van der Waals surface area contributed by atoms with Crippen LogP contribution in [0.25, 0.3) is 10.2 Å². The number of pyridine rings is 1. The maximum Gasteiger partial charge on any atom is 0.263 e. The third-order valence-corrected chi connectivity index (χ3v) is 4.74. The van der Waals surface area contributed by atoms with E-state index in [-0.39, 0.29) is 11.3 Å². The molecule has 0 aliphatic heterocycles. The molecule has 0 aliphatic rings. The van der Waals surface area contributed by atoms with Gasteiger partial charge in [-0.25, -0.2) is 4.98 Å². The summed E-state index contributed by atoms with van der Waals surface area (Å²) >= 11 is 1.36. The van der Waals surface area contributed by atoms with Crippen LogP contribution >= 0.6 is 11.3 Å². The number of nitrogens with two attached hydrogens (primary N) is 1. The van der Waals surface area contributed by atoms with E-state index >= 15 is 0 Å². The third kappa shape index (κ3) is 2.93. The Labute approximate surface area is 123 Å². The zero-order chi connectivity index (χ0) is 14.9. The van der Waals surface area contributed by atoms with Gasteiger partial charge in [0, 0.05) is 17.6 Å². The maximum absolute atomic E-state index is 12.3. The van der Waals surface area contributed by atoms with E-state index in [9.17, 15) is 4.79 Å². The molecule has 20 heavy (non-hydrogen) atoms. The lowest BCUT2D eigenvalue weighted by Gasteiger charge is -2.22. The van der Waals surface area contributed by atoms with Crippen LogP contribution in [0.15, 0.2) is 12.1 Å². The minimum atomic E-state index is -0.107. The Morgan fingerprint density at radius 1 is 1.45 bits per heavy atom. The van der Waals surface area contributed by atoms with Crippen LogP contribution in [0.1, 0.15) is 42.6 Å². The van der Waals surface area contributed by atoms with E-state index in [1.807, 2.05) is 19.1 Å². The van der Waals surface area contributed by atoms with Crippen molar-refractivity contribution in [3.63, 3.8) is 0 Å². The molecule has 4 nitrogen and oxygen atoms in total. The topological polar surface area (TPSA) is 68.0 Å². The van der Waals surface area contributed by atoms with Crippen LogP contribution in [0.5, 0.6) is 0 Å². The lowest BCUT2D eigenvalue weighted by atomic mass is 9.90. The van der Waals surface area contributed by atoms with Gasteiger partial charge in [0.1, 0.15) is 9.71 Å². The summed E-state index contributed by atoms with van der Waals surface area (Å²) in [6.07, 6.45) is 1.01. The number of anilines is 1. The van der Waals surface area contributed by atoms with Crippen LogP contribution in [0.2, 0.25) is 0 Å². The van der Waals surface area contributed by atoms with Crippen LogP contribution in [0.3, 0.4) is 0 Å². The van der Waals surface area contributed by atoms with E-state index in [4.69, 9.17) is 5.73 Å². The van der Waals surface area contributed by atoms with Crippen LogP contribution in [-0.2, 0) is 0 Å². The van der Waals surface area contributed by atoms with Crippen molar-refractivity contribution in [1.82, 2.24) is 10.3 Å². The van der Waals surface area contributed by atoms with Gasteiger partial charge in [-0.2, -0.15) is 0 Å². The van der Waals surface area contributed by atoms with Gasteiger partial charge in [-0.1, -0.05) is 20.8 Å². The van der Waals surface area contributed by atoms with Gasteiger partial charge >= 0.3 is 0 Å². The van der Waals surface area contributed by atoms with Gasteiger partial charge in [0.15, 0.2) is 0 Å². The summed E-state index contributed by atoms with van der Waals surface area (Å²) in [5.41, 5.74) is 7.62. The molecule has 0 aromatic carbocycles. The van der Waals surface area contributed by atoms with Crippen LogP contribution in [0, 0.1) is 12.3 Å². The fourth-order valence-corrected chi connectivity index (χ4v) is 2.84. The summed E-state index contributed by atoms with van der Waals surface area (Å²) in [6.45, 7) is 8.95. The smallest absolute Gasteiger partial charge is 0.263 e. The molecular formula is C15H21N3OS. The molecule has 0 fully saturated rings.